The van der Waals surface area contributed by atoms with Crippen LogP contribution in [-0.4, -0.2) is 25.2 Å². The number of benzene rings is 7. The number of hydrogen-bond donors (Lipinski definition) is 2. The molecule has 0 spiro atoms. The van der Waals surface area contributed by atoms with Crippen LogP contribution in [0.4, 0.5) is 0 Å². The predicted molar refractivity (Wildman–Crippen MR) is 231 cm³/mol. The van der Waals surface area contributed by atoms with Crippen LogP contribution in [0.15, 0.2) is 122 Å². The van der Waals surface area contributed by atoms with E-state index in [-0.39, 0.29) is 11.5 Å². The lowest BCUT2D eigenvalue weighted by Gasteiger charge is -2.20. The third-order valence-corrected chi connectivity index (χ3v) is 12.0. The third kappa shape index (κ3) is 5.11. The second-order valence-corrected chi connectivity index (χ2v) is 15.2. The van der Waals surface area contributed by atoms with Crippen LogP contribution in [0.3, 0.4) is 0 Å². The molecule has 2 aromatic heterocycles. The molecule has 1 aliphatic carbocycles. The molecule has 56 heavy (non-hydrogen) atoms. The molecule has 10 rings (SSSR count). The number of fused-ring (bicyclic) bond motifs is 7. The van der Waals surface area contributed by atoms with E-state index in [4.69, 9.17) is 15.0 Å². The molecule has 0 bridgehead atoms. The Kier molecular flexibility index (Phi) is 7.75. The van der Waals surface area contributed by atoms with Gasteiger partial charge in [-0.05, 0) is 139 Å². The van der Waals surface area contributed by atoms with Crippen molar-refractivity contribution in [3.8, 4) is 56.4 Å². The normalized spacial score (nSPS) is 13.9. The largest absolute Gasteiger partial charge is 0.504 e. The lowest BCUT2D eigenvalue weighted by Crippen LogP contribution is -2.33. The van der Waals surface area contributed by atoms with Crippen molar-refractivity contribution in [2.75, 3.05) is 0 Å². The first-order chi connectivity index (χ1) is 27.3. The van der Waals surface area contributed by atoms with Crippen molar-refractivity contribution in [3.63, 3.8) is 0 Å². The molecule has 270 valence electrons. The molecule has 0 aliphatic heterocycles. The zero-order chi connectivity index (χ0) is 38.2. The van der Waals surface area contributed by atoms with Crippen molar-refractivity contribution < 1.29 is 10.2 Å². The molecule has 1 unspecified atom stereocenters. The van der Waals surface area contributed by atoms with Gasteiger partial charge < -0.3 is 10.2 Å². The topological polar surface area (TPSA) is 79.1 Å². The fourth-order valence-corrected chi connectivity index (χ4v) is 9.02. The molecule has 0 saturated carbocycles. The second-order valence-electron chi connectivity index (χ2n) is 15.2. The summed E-state index contributed by atoms with van der Waals surface area (Å²) in [7, 11) is 0. The summed E-state index contributed by atoms with van der Waals surface area (Å²) < 4.78 is 0. The van der Waals surface area contributed by atoms with Crippen molar-refractivity contribution in [2.45, 2.75) is 34.1 Å². The van der Waals surface area contributed by atoms with Gasteiger partial charge in [-0.2, -0.15) is 0 Å². The Morgan fingerprint density at radius 2 is 1.23 bits per heavy atom. The molecule has 2 N–H and O–H groups in total. The van der Waals surface area contributed by atoms with Gasteiger partial charge in [-0.3, -0.25) is 4.98 Å². The summed E-state index contributed by atoms with van der Waals surface area (Å²) in [6.45, 7) is 7.95. The van der Waals surface area contributed by atoms with Crippen LogP contribution < -0.4 is 10.4 Å². The smallest absolute Gasteiger partial charge is 0.161 e. The predicted octanol–water partition coefficient (Wildman–Crippen LogP) is 11.1. The van der Waals surface area contributed by atoms with Crippen molar-refractivity contribution in [1.82, 2.24) is 15.0 Å². The molecule has 2 heterocycles. The average molecular weight is 726 g/mol. The Hall–Kier alpha value is -6.85. The maximum Gasteiger partial charge on any atom is 0.161 e. The first-order valence-corrected chi connectivity index (χ1v) is 19.2. The summed E-state index contributed by atoms with van der Waals surface area (Å²) in [6, 6.07) is 36.8. The molecule has 7 aromatic carbocycles. The van der Waals surface area contributed by atoms with E-state index in [9.17, 15) is 10.2 Å². The number of aromatic hydroxyl groups is 2. The Balaban J connectivity index is 1.23. The van der Waals surface area contributed by atoms with Gasteiger partial charge in [-0.15, -0.1) is 0 Å². The molecular weight excluding hydrogens is 687 g/mol. The summed E-state index contributed by atoms with van der Waals surface area (Å²) >= 11 is 0. The monoisotopic (exact) mass is 725 g/mol. The molecule has 5 nitrogen and oxygen atoms in total. The van der Waals surface area contributed by atoms with Gasteiger partial charge in [-0.25, -0.2) is 9.97 Å². The van der Waals surface area contributed by atoms with Crippen molar-refractivity contribution in [3.05, 3.63) is 149 Å². The second kappa shape index (κ2) is 12.9. The van der Waals surface area contributed by atoms with Crippen LogP contribution in [0.2, 0.25) is 0 Å². The molecule has 9 aromatic rings. The lowest BCUT2D eigenvalue weighted by atomic mass is 9.85. The SMILES string of the molecule is Cc1c(C)c(-c2ccc3c(-c4ccc(-c5cc6c7ccccc7ccc6c6ccccc56)cn4)c4c(c(-c5ncccn5)c3c2)=CCC(C)C=4)c(C)c(O)c1O. The Morgan fingerprint density at radius 3 is 2.02 bits per heavy atom. The van der Waals surface area contributed by atoms with E-state index in [1.54, 1.807) is 12.4 Å². The van der Waals surface area contributed by atoms with Crippen molar-refractivity contribution in [2.24, 2.45) is 5.92 Å². The average Bonchev–Trinajstić information content (AvgIpc) is 3.24. The third-order valence-electron chi connectivity index (χ3n) is 12.0. The summed E-state index contributed by atoms with van der Waals surface area (Å²) in [4.78, 5) is 14.8. The first kappa shape index (κ1) is 33.7. The van der Waals surface area contributed by atoms with E-state index in [1.165, 1.54) is 32.3 Å². The van der Waals surface area contributed by atoms with Gasteiger partial charge in [0.1, 0.15) is 0 Å². The molecule has 1 atom stereocenters. The summed E-state index contributed by atoms with van der Waals surface area (Å²) in [5, 5.41) is 33.3. The van der Waals surface area contributed by atoms with Crippen molar-refractivity contribution in [1.29, 1.82) is 0 Å². The molecule has 5 heteroatoms. The Bertz CT molecular complexity index is 3200. The van der Waals surface area contributed by atoms with Crippen LogP contribution in [0, 0.1) is 26.7 Å². The highest BCUT2D eigenvalue weighted by molar-refractivity contribution is 6.21. The van der Waals surface area contributed by atoms with Crippen molar-refractivity contribution >= 4 is 55.2 Å². The summed E-state index contributed by atoms with van der Waals surface area (Å²) in [6.07, 6.45) is 11.2. The Morgan fingerprint density at radius 1 is 0.536 bits per heavy atom. The minimum atomic E-state index is -0.0884. The zero-order valence-corrected chi connectivity index (χ0v) is 31.7. The van der Waals surface area contributed by atoms with Gasteiger partial charge in [0.2, 0.25) is 0 Å². The minimum Gasteiger partial charge on any atom is -0.504 e. The van der Waals surface area contributed by atoms with Crippen LogP contribution >= 0.6 is 0 Å². The lowest BCUT2D eigenvalue weighted by molar-refractivity contribution is 0.398. The van der Waals surface area contributed by atoms with E-state index < -0.39 is 0 Å². The number of pyridine rings is 1. The molecule has 1 aliphatic rings. The van der Waals surface area contributed by atoms with Crippen LogP contribution in [0.1, 0.15) is 30.0 Å². The fourth-order valence-electron chi connectivity index (χ4n) is 9.02. The number of hydrogen-bond acceptors (Lipinski definition) is 5. The van der Waals surface area contributed by atoms with Gasteiger partial charge >= 0.3 is 0 Å². The number of nitrogens with zero attached hydrogens (tertiary/aromatic N) is 3. The van der Waals surface area contributed by atoms with Gasteiger partial charge in [0.25, 0.3) is 0 Å². The van der Waals surface area contributed by atoms with E-state index >= 15 is 0 Å². The number of rotatable bonds is 4. The molecule has 0 saturated heterocycles. The first-order valence-electron chi connectivity index (χ1n) is 19.2. The highest BCUT2D eigenvalue weighted by atomic mass is 16.3. The highest BCUT2D eigenvalue weighted by Crippen LogP contribution is 2.44. The van der Waals surface area contributed by atoms with Crippen LogP contribution in [0.25, 0.3) is 100 Å². The fraction of sp³-hybridized carbons (Fsp3) is 0.118. The molecule has 0 fully saturated rings. The van der Waals surface area contributed by atoms with Gasteiger partial charge in [0.05, 0.1) is 5.69 Å². The Labute approximate surface area is 324 Å². The van der Waals surface area contributed by atoms with Gasteiger partial charge in [-0.1, -0.05) is 97.9 Å². The molecule has 0 radical (unpaired) electrons. The van der Waals surface area contributed by atoms with Gasteiger partial charge in [0.15, 0.2) is 17.3 Å². The summed E-state index contributed by atoms with van der Waals surface area (Å²) in [5.41, 5.74) is 9.23. The van der Waals surface area contributed by atoms with Crippen LogP contribution in [0.5, 0.6) is 11.5 Å². The maximum atomic E-state index is 10.9. The van der Waals surface area contributed by atoms with E-state index in [0.717, 1.165) is 72.3 Å². The minimum absolute atomic E-state index is 0.0712. The quantitative estimate of drug-likeness (QED) is 0.139. The van der Waals surface area contributed by atoms with Crippen LogP contribution in [-0.2, 0) is 0 Å². The summed E-state index contributed by atoms with van der Waals surface area (Å²) in [5.74, 6) is 0.843. The number of phenols is 2. The maximum absolute atomic E-state index is 10.9. The molecule has 0 amide bonds. The van der Waals surface area contributed by atoms with Gasteiger partial charge in [0, 0.05) is 40.8 Å². The standard InChI is InChI=1S/C51H39N3O2/c1-28-14-18-40-43(24-28)47(39-20-16-33(25-44(39)48(40)51-52-22-9-23-53-51)46-29(2)30(3)49(55)50(56)31(46)4)45-21-17-34(27-54-45)41-26-42-35-11-6-5-10-32(35)15-19-38(42)36-12-7-8-13-37(36)41/h5-13,15-28,55-56H,14H2,1-4H3. The van der Waals surface area contributed by atoms with E-state index in [0.29, 0.717) is 22.9 Å². The number of phenolic OH excluding ortho intramolecular Hbond substituents is 2. The zero-order valence-electron chi connectivity index (χ0n) is 31.7. The van der Waals surface area contributed by atoms with E-state index in [1.807, 2.05) is 33.0 Å². The molecular formula is C51H39N3O2. The highest BCUT2D eigenvalue weighted by Gasteiger charge is 2.23. The van der Waals surface area contributed by atoms with E-state index in [2.05, 4.69) is 116 Å². The number of aromatic nitrogens is 3.